The monoisotopic (exact) mass is 225 g/mol. The Labute approximate surface area is 103 Å². The molecule has 0 aromatic heterocycles. The van der Waals surface area contributed by atoms with E-state index in [9.17, 15) is 0 Å². The third kappa shape index (κ3) is 2.40. The molecule has 2 atom stereocenters. The van der Waals surface area contributed by atoms with Gasteiger partial charge in [-0.15, -0.1) is 0 Å². The van der Waals surface area contributed by atoms with E-state index in [1.165, 1.54) is 11.1 Å². The Bertz CT molecular complexity index is 459. The van der Waals surface area contributed by atoms with Crippen LogP contribution in [0.3, 0.4) is 0 Å². The smallest absolute Gasteiger partial charge is 0.0447 e. The van der Waals surface area contributed by atoms with Crippen LogP contribution in [-0.4, -0.2) is 0 Å². The largest absolute Gasteiger partial charge is 0.321 e. The van der Waals surface area contributed by atoms with Crippen molar-refractivity contribution < 1.29 is 0 Å². The van der Waals surface area contributed by atoms with Crippen molar-refractivity contribution in [2.75, 3.05) is 0 Å². The van der Waals surface area contributed by atoms with Crippen molar-refractivity contribution in [1.82, 2.24) is 0 Å². The lowest BCUT2D eigenvalue weighted by Gasteiger charge is -2.32. The molecule has 1 nitrogen and oxygen atoms in total. The first-order valence-corrected chi connectivity index (χ1v) is 6.01. The van der Waals surface area contributed by atoms with E-state index in [-0.39, 0.29) is 11.5 Å². The van der Waals surface area contributed by atoms with Gasteiger partial charge < -0.3 is 5.73 Å². The molecule has 0 aliphatic rings. The topological polar surface area (TPSA) is 26.0 Å². The molecule has 0 fully saturated rings. The standard InChI is InChI=1S/C16H19N/c1-13(14-9-5-3-6-10-14)16(2,17)15-11-7-4-8-12-15/h3-13H,17H2,1-2H3/t13-,16+/m0/s1. The van der Waals surface area contributed by atoms with Gasteiger partial charge in [0, 0.05) is 11.5 Å². The van der Waals surface area contributed by atoms with E-state index in [4.69, 9.17) is 5.73 Å². The summed E-state index contributed by atoms with van der Waals surface area (Å²) in [5.41, 5.74) is 8.63. The molecular weight excluding hydrogens is 206 g/mol. The van der Waals surface area contributed by atoms with Gasteiger partial charge >= 0.3 is 0 Å². The number of hydrogen-bond donors (Lipinski definition) is 1. The van der Waals surface area contributed by atoms with Crippen LogP contribution in [-0.2, 0) is 5.54 Å². The molecule has 88 valence electrons. The number of hydrogen-bond acceptors (Lipinski definition) is 1. The SMILES string of the molecule is C[C@@H](c1ccccc1)[C@@](C)(N)c1ccccc1. The molecule has 2 N–H and O–H groups in total. The zero-order valence-electron chi connectivity index (χ0n) is 10.4. The first kappa shape index (κ1) is 11.9. The molecule has 0 unspecified atom stereocenters. The molecule has 0 amide bonds. The van der Waals surface area contributed by atoms with Crippen LogP contribution < -0.4 is 5.73 Å². The lowest BCUT2D eigenvalue weighted by atomic mass is 9.78. The van der Waals surface area contributed by atoms with Crippen molar-refractivity contribution in [3.63, 3.8) is 0 Å². The highest BCUT2D eigenvalue weighted by molar-refractivity contribution is 5.31. The molecule has 0 saturated heterocycles. The summed E-state index contributed by atoms with van der Waals surface area (Å²) in [7, 11) is 0. The Hall–Kier alpha value is -1.60. The predicted octanol–water partition coefficient (Wildman–Crippen LogP) is 3.66. The van der Waals surface area contributed by atoms with Crippen LogP contribution in [0.15, 0.2) is 60.7 Å². The Kier molecular flexibility index (Phi) is 3.30. The summed E-state index contributed by atoms with van der Waals surface area (Å²) in [5, 5.41) is 0. The fourth-order valence-corrected chi connectivity index (χ4v) is 2.14. The van der Waals surface area contributed by atoms with Crippen LogP contribution in [0, 0.1) is 0 Å². The van der Waals surface area contributed by atoms with Crippen molar-refractivity contribution >= 4 is 0 Å². The van der Waals surface area contributed by atoms with E-state index in [1.54, 1.807) is 0 Å². The molecule has 2 rings (SSSR count). The van der Waals surface area contributed by atoms with Gasteiger partial charge in [0.05, 0.1) is 0 Å². The zero-order valence-corrected chi connectivity index (χ0v) is 10.4. The molecule has 0 radical (unpaired) electrons. The highest BCUT2D eigenvalue weighted by Gasteiger charge is 2.29. The second-order valence-corrected chi connectivity index (χ2v) is 4.78. The van der Waals surface area contributed by atoms with Gasteiger partial charge in [-0.2, -0.15) is 0 Å². The third-order valence-corrected chi connectivity index (χ3v) is 3.59. The lowest BCUT2D eigenvalue weighted by molar-refractivity contribution is 0.411. The second-order valence-electron chi connectivity index (χ2n) is 4.78. The maximum Gasteiger partial charge on any atom is 0.0447 e. The fraction of sp³-hybridized carbons (Fsp3) is 0.250. The van der Waals surface area contributed by atoms with E-state index in [1.807, 2.05) is 24.3 Å². The molecule has 2 aromatic rings. The van der Waals surface area contributed by atoms with E-state index < -0.39 is 0 Å². The summed E-state index contributed by atoms with van der Waals surface area (Å²) in [6, 6.07) is 20.7. The predicted molar refractivity (Wildman–Crippen MR) is 72.8 cm³/mol. The van der Waals surface area contributed by atoms with Gasteiger partial charge in [0.15, 0.2) is 0 Å². The quantitative estimate of drug-likeness (QED) is 0.847. The average molecular weight is 225 g/mol. The Balaban J connectivity index is 2.33. The molecular formula is C16H19N. The summed E-state index contributed by atoms with van der Waals surface area (Å²) >= 11 is 0. The second kappa shape index (κ2) is 4.72. The average Bonchev–Trinajstić information content (AvgIpc) is 2.40. The molecule has 0 saturated carbocycles. The van der Waals surface area contributed by atoms with Crippen molar-refractivity contribution in [3.05, 3.63) is 71.8 Å². The highest BCUT2D eigenvalue weighted by atomic mass is 14.7. The minimum Gasteiger partial charge on any atom is -0.321 e. The van der Waals surface area contributed by atoms with Gasteiger partial charge in [-0.1, -0.05) is 67.6 Å². The van der Waals surface area contributed by atoms with Crippen LogP contribution in [0.25, 0.3) is 0 Å². The van der Waals surface area contributed by atoms with Crippen molar-refractivity contribution in [2.45, 2.75) is 25.3 Å². The van der Waals surface area contributed by atoms with Crippen LogP contribution in [0.1, 0.15) is 30.9 Å². The minimum absolute atomic E-state index is 0.283. The van der Waals surface area contributed by atoms with Gasteiger partial charge in [-0.3, -0.25) is 0 Å². The van der Waals surface area contributed by atoms with Crippen LogP contribution in [0.4, 0.5) is 0 Å². The molecule has 17 heavy (non-hydrogen) atoms. The molecule has 2 aromatic carbocycles. The van der Waals surface area contributed by atoms with Gasteiger partial charge in [-0.25, -0.2) is 0 Å². The zero-order chi connectivity index (χ0) is 12.3. The fourth-order valence-electron chi connectivity index (χ4n) is 2.14. The number of benzene rings is 2. The van der Waals surface area contributed by atoms with Gasteiger partial charge in [-0.05, 0) is 18.1 Å². The third-order valence-electron chi connectivity index (χ3n) is 3.59. The molecule has 1 heteroatoms. The first-order valence-electron chi connectivity index (χ1n) is 6.01. The molecule has 0 aliphatic carbocycles. The number of rotatable bonds is 3. The van der Waals surface area contributed by atoms with E-state index >= 15 is 0 Å². The summed E-state index contributed by atoms with van der Waals surface area (Å²) in [6.07, 6.45) is 0. The minimum atomic E-state index is -0.345. The maximum absolute atomic E-state index is 6.51. The van der Waals surface area contributed by atoms with Crippen molar-refractivity contribution in [3.8, 4) is 0 Å². The summed E-state index contributed by atoms with van der Waals surface area (Å²) < 4.78 is 0. The summed E-state index contributed by atoms with van der Waals surface area (Å²) in [6.45, 7) is 4.28. The van der Waals surface area contributed by atoms with Crippen LogP contribution >= 0.6 is 0 Å². The lowest BCUT2D eigenvalue weighted by Crippen LogP contribution is -2.38. The van der Waals surface area contributed by atoms with Crippen LogP contribution in [0.2, 0.25) is 0 Å². The molecule has 0 heterocycles. The summed E-state index contributed by atoms with van der Waals surface area (Å²) in [4.78, 5) is 0. The van der Waals surface area contributed by atoms with Gasteiger partial charge in [0.1, 0.15) is 0 Å². The van der Waals surface area contributed by atoms with Crippen LogP contribution in [0.5, 0.6) is 0 Å². The first-order chi connectivity index (χ1) is 8.12. The Morgan fingerprint density at radius 3 is 1.88 bits per heavy atom. The van der Waals surface area contributed by atoms with E-state index in [2.05, 4.69) is 50.2 Å². The maximum atomic E-state index is 6.51. The highest BCUT2D eigenvalue weighted by Crippen LogP contribution is 2.33. The Morgan fingerprint density at radius 1 is 0.882 bits per heavy atom. The normalized spacial score (nSPS) is 16.2. The van der Waals surface area contributed by atoms with Crippen molar-refractivity contribution in [2.24, 2.45) is 5.73 Å². The Morgan fingerprint density at radius 2 is 1.35 bits per heavy atom. The molecule has 0 spiro atoms. The summed E-state index contributed by atoms with van der Waals surface area (Å²) in [5.74, 6) is 0.283. The van der Waals surface area contributed by atoms with E-state index in [0.717, 1.165) is 0 Å². The van der Waals surface area contributed by atoms with E-state index in [0.29, 0.717) is 0 Å². The molecule has 0 bridgehead atoms. The van der Waals surface area contributed by atoms with Gasteiger partial charge in [0.25, 0.3) is 0 Å². The van der Waals surface area contributed by atoms with Crippen molar-refractivity contribution in [1.29, 1.82) is 0 Å². The van der Waals surface area contributed by atoms with Gasteiger partial charge in [0.2, 0.25) is 0 Å². The number of nitrogens with two attached hydrogens (primary N) is 1. The molecule has 0 aliphatic heterocycles.